The van der Waals surface area contributed by atoms with E-state index in [2.05, 4.69) is 24.1 Å². The molecule has 0 spiro atoms. The molecule has 18 heavy (non-hydrogen) atoms. The third-order valence-electron chi connectivity index (χ3n) is 5.01. The summed E-state index contributed by atoms with van der Waals surface area (Å²) in [6, 6.07) is 1.56. The summed E-state index contributed by atoms with van der Waals surface area (Å²) in [5, 5.41) is 3.64. The van der Waals surface area contributed by atoms with Gasteiger partial charge in [0.25, 0.3) is 0 Å². The van der Waals surface area contributed by atoms with Crippen molar-refractivity contribution in [2.24, 2.45) is 17.8 Å². The van der Waals surface area contributed by atoms with Crippen LogP contribution < -0.4 is 5.32 Å². The van der Waals surface area contributed by atoms with Crippen LogP contribution in [-0.2, 0) is 0 Å². The summed E-state index contributed by atoms with van der Waals surface area (Å²) >= 11 is 0. The molecule has 2 atom stereocenters. The van der Waals surface area contributed by atoms with Gasteiger partial charge in [0.05, 0.1) is 0 Å². The largest absolute Gasteiger partial charge is 0.314 e. The Kier molecular flexibility index (Phi) is 3.95. The van der Waals surface area contributed by atoms with Crippen LogP contribution in [0.3, 0.4) is 0 Å². The summed E-state index contributed by atoms with van der Waals surface area (Å²) in [4.78, 5) is 2.88. The van der Waals surface area contributed by atoms with E-state index in [1.54, 1.807) is 0 Å². The van der Waals surface area contributed by atoms with E-state index in [4.69, 9.17) is 0 Å². The number of nitrogens with one attached hydrogen (secondary N) is 1. The second-order valence-electron chi connectivity index (χ2n) is 7.31. The van der Waals surface area contributed by atoms with Crippen molar-refractivity contribution in [3.05, 3.63) is 0 Å². The molecule has 0 amide bonds. The minimum absolute atomic E-state index is 0.645. The van der Waals surface area contributed by atoms with Crippen LogP contribution in [-0.4, -0.2) is 36.6 Å². The molecule has 0 bridgehead atoms. The normalized spacial score (nSPS) is 32.0. The summed E-state index contributed by atoms with van der Waals surface area (Å²) in [5.41, 5.74) is 0. The molecule has 0 radical (unpaired) electrons. The van der Waals surface area contributed by atoms with Gasteiger partial charge in [-0.05, 0) is 62.8 Å². The first-order chi connectivity index (χ1) is 8.72. The van der Waals surface area contributed by atoms with Gasteiger partial charge in [0.15, 0.2) is 0 Å². The molecule has 2 unspecified atom stereocenters. The van der Waals surface area contributed by atoms with Crippen LogP contribution in [0.25, 0.3) is 0 Å². The lowest BCUT2D eigenvalue weighted by molar-refractivity contribution is 0.0529. The van der Waals surface area contributed by atoms with E-state index in [-0.39, 0.29) is 0 Å². The van der Waals surface area contributed by atoms with Gasteiger partial charge in [-0.2, -0.15) is 0 Å². The van der Waals surface area contributed by atoms with E-state index in [0.717, 1.165) is 23.8 Å². The smallest absolute Gasteiger partial charge is 0.0136 e. The van der Waals surface area contributed by atoms with Crippen LogP contribution >= 0.6 is 0 Å². The Balaban J connectivity index is 1.48. The van der Waals surface area contributed by atoms with Gasteiger partial charge in [-0.25, -0.2) is 0 Å². The standard InChI is InChI=1S/C16H30N2/c1-12(2)17-9-15-7-8-16(15)18(10-13-3-4-13)11-14-5-6-14/h12-17H,3-11H2,1-2H3. The predicted molar refractivity (Wildman–Crippen MR) is 76.7 cm³/mol. The zero-order valence-electron chi connectivity index (χ0n) is 12.2. The van der Waals surface area contributed by atoms with E-state index < -0.39 is 0 Å². The van der Waals surface area contributed by atoms with Gasteiger partial charge >= 0.3 is 0 Å². The summed E-state index contributed by atoms with van der Waals surface area (Å²) in [7, 11) is 0. The number of hydrogen-bond donors (Lipinski definition) is 1. The maximum atomic E-state index is 3.64. The average molecular weight is 250 g/mol. The number of nitrogens with zero attached hydrogens (tertiary/aromatic N) is 1. The highest BCUT2D eigenvalue weighted by Gasteiger charge is 2.39. The minimum Gasteiger partial charge on any atom is -0.314 e. The Labute approximate surface area is 113 Å². The summed E-state index contributed by atoms with van der Waals surface area (Å²) < 4.78 is 0. The maximum absolute atomic E-state index is 3.64. The third kappa shape index (κ3) is 3.48. The van der Waals surface area contributed by atoms with E-state index in [1.165, 1.54) is 58.2 Å². The first-order valence-corrected chi connectivity index (χ1v) is 8.20. The van der Waals surface area contributed by atoms with Crippen molar-refractivity contribution in [2.45, 2.75) is 64.5 Å². The molecule has 3 aliphatic rings. The first-order valence-electron chi connectivity index (χ1n) is 8.20. The topological polar surface area (TPSA) is 15.3 Å². The fraction of sp³-hybridized carbons (Fsp3) is 1.00. The molecule has 2 nitrogen and oxygen atoms in total. The lowest BCUT2D eigenvalue weighted by Gasteiger charge is -2.45. The highest BCUT2D eigenvalue weighted by atomic mass is 15.2. The molecular weight excluding hydrogens is 220 g/mol. The zero-order chi connectivity index (χ0) is 12.5. The van der Waals surface area contributed by atoms with E-state index in [1.807, 2.05) is 0 Å². The maximum Gasteiger partial charge on any atom is 0.0136 e. The van der Waals surface area contributed by atoms with Crippen molar-refractivity contribution >= 4 is 0 Å². The monoisotopic (exact) mass is 250 g/mol. The van der Waals surface area contributed by atoms with Crippen LogP contribution in [0.15, 0.2) is 0 Å². The Bertz CT molecular complexity index is 254. The molecule has 3 saturated carbocycles. The van der Waals surface area contributed by atoms with Crippen LogP contribution in [0, 0.1) is 17.8 Å². The molecule has 0 aromatic carbocycles. The van der Waals surface area contributed by atoms with Gasteiger partial charge in [0.1, 0.15) is 0 Å². The van der Waals surface area contributed by atoms with E-state index in [0.29, 0.717) is 6.04 Å². The van der Waals surface area contributed by atoms with Gasteiger partial charge in [-0.15, -0.1) is 0 Å². The van der Waals surface area contributed by atoms with Gasteiger partial charge in [-0.3, -0.25) is 4.90 Å². The molecule has 3 rings (SSSR count). The molecule has 0 aromatic heterocycles. The Hall–Kier alpha value is -0.0800. The van der Waals surface area contributed by atoms with Gasteiger partial charge in [-0.1, -0.05) is 13.8 Å². The average Bonchev–Trinajstić information content (AvgIpc) is 3.11. The Morgan fingerprint density at radius 3 is 1.94 bits per heavy atom. The third-order valence-corrected chi connectivity index (χ3v) is 5.01. The van der Waals surface area contributed by atoms with Crippen LogP contribution in [0.5, 0.6) is 0 Å². The molecule has 0 heterocycles. The Morgan fingerprint density at radius 2 is 1.56 bits per heavy atom. The molecule has 0 aliphatic heterocycles. The summed E-state index contributed by atoms with van der Waals surface area (Å²) in [6.45, 7) is 8.60. The van der Waals surface area contributed by atoms with Gasteiger partial charge in [0.2, 0.25) is 0 Å². The van der Waals surface area contributed by atoms with Crippen molar-refractivity contribution in [1.29, 1.82) is 0 Å². The number of hydrogen-bond acceptors (Lipinski definition) is 2. The Morgan fingerprint density at radius 1 is 0.944 bits per heavy atom. The lowest BCUT2D eigenvalue weighted by Crippen LogP contribution is -2.52. The first kappa shape index (κ1) is 12.9. The number of rotatable bonds is 8. The van der Waals surface area contributed by atoms with Crippen LogP contribution in [0.2, 0.25) is 0 Å². The fourth-order valence-corrected chi connectivity index (χ4v) is 3.27. The molecule has 104 valence electrons. The van der Waals surface area contributed by atoms with Gasteiger partial charge < -0.3 is 5.32 Å². The van der Waals surface area contributed by atoms with Crippen molar-refractivity contribution in [1.82, 2.24) is 10.2 Å². The van der Waals surface area contributed by atoms with E-state index >= 15 is 0 Å². The summed E-state index contributed by atoms with van der Waals surface area (Å²) in [6.07, 6.45) is 8.93. The molecule has 3 aliphatic carbocycles. The SMILES string of the molecule is CC(C)NCC1CCC1N(CC1CC1)CC1CC1. The van der Waals surface area contributed by atoms with Crippen molar-refractivity contribution in [2.75, 3.05) is 19.6 Å². The second kappa shape index (κ2) is 5.50. The van der Waals surface area contributed by atoms with Gasteiger partial charge in [0, 0.05) is 25.2 Å². The molecule has 0 saturated heterocycles. The van der Waals surface area contributed by atoms with Crippen LogP contribution in [0.4, 0.5) is 0 Å². The summed E-state index contributed by atoms with van der Waals surface area (Å²) in [5.74, 6) is 3.05. The molecule has 1 N–H and O–H groups in total. The van der Waals surface area contributed by atoms with Crippen molar-refractivity contribution < 1.29 is 0 Å². The molecule has 3 fully saturated rings. The second-order valence-corrected chi connectivity index (χ2v) is 7.31. The predicted octanol–water partition coefficient (Wildman–Crippen LogP) is 2.89. The molecular formula is C16H30N2. The zero-order valence-corrected chi connectivity index (χ0v) is 12.2. The quantitative estimate of drug-likeness (QED) is 0.712. The van der Waals surface area contributed by atoms with Crippen molar-refractivity contribution in [3.8, 4) is 0 Å². The van der Waals surface area contributed by atoms with Crippen LogP contribution in [0.1, 0.15) is 52.4 Å². The molecule has 2 heteroatoms. The molecule has 0 aromatic rings. The minimum atomic E-state index is 0.645. The fourth-order valence-electron chi connectivity index (χ4n) is 3.27. The highest BCUT2D eigenvalue weighted by molar-refractivity contribution is 4.94. The van der Waals surface area contributed by atoms with Crippen molar-refractivity contribution in [3.63, 3.8) is 0 Å². The highest BCUT2D eigenvalue weighted by Crippen LogP contribution is 2.39. The lowest BCUT2D eigenvalue weighted by atomic mass is 9.78. The van der Waals surface area contributed by atoms with E-state index in [9.17, 15) is 0 Å².